The summed E-state index contributed by atoms with van der Waals surface area (Å²) in [6.45, 7) is 2.72. The summed E-state index contributed by atoms with van der Waals surface area (Å²) in [5, 5.41) is 14.7. The number of esters is 1. The monoisotopic (exact) mass is 461 g/mol. The maximum Gasteiger partial charge on any atom is 0.343 e. The number of rotatable bonds is 10. The van der Waals surface area contributed by atoms with Crippen LogP contribution in [-0.4, -0.2) is 29.6 Å². The number of nitro benzene ring substituents is 1. The van der Waals surface area contributed by atoms with Crippen LogP contribution in [0.5, 0.6) is 11.5 Å². The first-order valence-electron chi connectivity index (χ1n) is 10.6. The molecule has 0 unspecified atom stereocenters. The van der Waals surface area contributed by atoms with Gasteiger partial charge in [0, 0.05) is 17.7 Å². The molecule has 0 atom stereocenters. The van der Waals surface area contributed by atoms with E-state index < -0.39 is 16.8 Å². The summed E-state index contributed by atoms with van der Waals surface area (Å²) in [7, 11) is 0. The number of unbranched alkanes of at least 4 members (excludes halogenated alkanes) is 1. The highest BCUT2D eigenvalue weighted by Crippen LogP contribution is 2.17. The van der Waals surface area contributed by atoms with E-state index in [2.05, 4.69) is 17.5 Å². The first kappa shape index (κ1) is 24.1. The van der Waals surface area contributed by atoms with Gasteiger partial charge in [-0.05, 0) is 66.6 Å². The van der Waals surface area contributed by atoms with E-state index in [0.717, 1.165) is 12.8 Å². The molecule has 0 fully saturated rings. The summed E-state index contributed by atoms with van der Waals surface area (Å²) >= 11 is 0. The largest absolute Gasteiger partial charge is 0.494 e. The standard InChI is InChI=1S/C25H23N3O6/c1-2-3-15-33-22-13-9-19(10-14-22)25(30)34-23-11-7-18(8-12-23)17-26-27-24(29)20-5-4-6-21(16-20)28(31)32/h4-14,16-17H,2-3,15H2,1H3,(H,27,29)/b26-17-. The fraction of sp³-hybridized carbons (Fsp3) is 0.160. The first-order chi connectivity index (χ1) is 16.5. The van der Waals surface area contributed by atoms with Crippen LogP contribution in [0.15, 0.2) is 77.9 Å². The van der Waals surface area contributed by atoms with Crippen molar-refractivity contribution >= 4 is 23.8 Å². The first-order valence-corrected chi connectivity index (χ1v) is 10.6. The van der Waals surface area contributed by atoms with Crippen LogP contribution in [0.4, 0.5) is 5.69 Å². The molecule has 3 aromatic rings. The molecule has 9 heteroatoms. The minimum atomic E-state index is -0.577. The smallest absolute Gasteiger partial charge is 0.343 e. The topological polar surface area (TPSA) is 120 Å². The summed E-state index contributed by atoms with van der Waals surface area (Å²) in [4.78, 5) is 34.7. The Kier molecular flexibility index (Phi) is 8.45. The van der Waals surface area contributed by atoms with Gasteiger partial charge in [0.05, 0.1) is 23.3 Å². The summed E-state index contributed by atoms with van der Waals surface area (Å²) in [5.74, 6) is -0.0182. The van der Waals surface area contributed by atoms with E-state index in [9.17, 15) is 19.7 Å². The number of nitro groups is 1. The Bertz CT molecular complexity index is 1170. The van der Waals surface area contributed by atoms with Gasteiger partial charge in [-0.2, -0.15) is 5.10 Å². The number of hydrogen-bond acceptors (Lipinski definition) is 7. The Balaban J connectivity index is 1.52. The number of carbonyl (C=O) groups excluding carboxylic acids is 2. The van der Waals surface area contributed by atoms with Gasteiger partial charge >= 0.3 is 5.97 Å². The van der Waals surface area contributed by atoms with Gasteiger partial charge in [0.15, 0.2) is 0 Å². The van der Waals surface area contributed by atoms with Crippen molar-refractivity contribution in [3.63, 3.8) is 0 Å². The predicted octanol–water partition coefficient (Wildman–Crippen LogP) is 4.76. The van der Waals surface area contributed by atoms with Crippen molar-refractivity contribution in [3.8, 4) is 11.5 Å². The highest BCUT2D eigenvalue weighted by Gasteiger charge is 2.11. The molecular formula is C25H23N3O6. The second-order valence-electron chi connectivity index (χ2n) is 7.19. The molecule has 0 heterocycles. The second kappa shape index (κ2) is 11.9. The van der Waals surface area contributed by atoms with Crippen LogP contribution in [0.1, 0.15) is 46.0 Å². The van der Waals surface area contributed by atoms with Gasteiger partial charge in [0.2, 0.25) is 0 Å². The Hall–Kier alpha value is -4.53. The maximum atomic E-state index is 12.3. The number of benzene rings is 3. The molecule has 3 aromatic carbocycles. The van der Waals surface area contributed by atoms with Gasteiger partial charge in [0.1, 0.15) is 11.5 Å². The molecule has 174 valence electrons. The normalized spacial score (nSPS) is 10.6. The van der Waals surface area contributed by atoms with Gasteiger partial charge in [-0.3, -0.25) is 14.9 Å². The van der Waals surface area contributed by atoms with Crippen molar-refractivity contribution in [2.24, 2.45) is 5.10 Å². The van der Waals surface area contributed by atoms with E-state index in [1.807, 2.05) is 0 Å². The average Bonchev–Trinajstić information content (AvgIpc) is 2.85. The number of hydrogen-bond donors (Lipinski definition) is 1. The third-order valence-electron chi connectivity index (χ3n) is 4.65. The number of amides is 1. The zero-order chi connectivity index (χ0) is 24.3. The van der Waals surface area contributed by atoms with Crippen LogP contribution in [-0.2, 0) is 0 Å². The highest BCUT2D eigenvalue weighted by atomic mass is 16.6. The lowest BCUT2D eigenvalue weighted by atomic mass is 10.2. The van der Waals surface area contributed by atoms with Crippen molar-refractivity contribution in [1.29, 1.82) is 0 Å². The lowest BCUT2D eigenvalue weighted by Gasteiger charge is -2.07. The van der Waals surface area contributed by atoms with Gasteiger partial charge in [-0.15, -0.1) is 0 Å². The average molecular weight is 461 g/mol. The second-order valence-corrected chi connectivity index (χ2v) is 7.19. The molecule has 0 saturated heterocycles. The minimum Gasteiger partial charge on any atom is -0.494 e. The molecular weight excluding hydrogens is 438 g/mol. The van der Waals surface area contributed by atoms with Crippen molar-refractivity contribution in [2.75, 3.05) is 6.61 Å². The van der Waals surface area contributed by atoms with Crippen molar-refractivity contribution < 1.29 is 24.0 Å². The molecule has 3 rings (SSSR count). The Morgan fingerprint density at radius 2 is 1.71 bits per heavy atom. The SMILES string of the molecule is CCCCOc1ccc(C(=O)Oc2ccc(/C=N\NC(=O)c3cccc([N+](=O)[O-])c3)cc2)cc1. The molecule has 0 bridgehead atoms. The molecule has 0 radical (unpaired) electrons. The fourth-order valence-electron chi connectivity index (χ4n) is 2.80. The third kappa shape index (κ3) is 6.99. The fourth-order valence-corrected chi connectivity index (χ4v) is 2.80. The zero-order valence-corrected chi connectivity index (χ0v) is 18.5. The van der Waals surface area contributed by atoms with Crippen LogP contribution in [0.2, 0.25) is 0 Å². The molecule has 0 aromatic heterocycles. The van der Waals surface area contributed by atoms with E-state index in [1.54, 1.807) is 48.5 Å². The minimum absolute atomic E-state index is 0.120. The summed E-state index contributed by atoms with van der Waals surface area (Å²) in [6, 6.07) is 18.6. The zero-order valence-electron chi connectivity index (χ0n) is 18.5. The van der Waals surface area contributed by atoms with Crippen LogP contribution in [0.25, 0.3) is 0 Å². The van der Waals surface area contributed by atoms with E-state index in [4.69, 9.17) is 9.47 Å². The van der Waals surface area contributed by atoms with Gasteiger partial charge in [0.25, 0.3) is 11.6 Å². The maximum absolute atomic E-state index is 12.3. The van der Waals surface area contributed by atoms with E-state index >= 15 is 0 Å². The van der Waals surface area contributed by atoms with Crippen molar-refractivity contribution in [3.05, 3.63) is 99.6 Å². The summed E-state index contributed by atoms with van der Waals surface area (Å²) < 4.78 is 11.0. The number of ether oxygens (including phenoxy) is 2. The van der Waals surface area contributed by atoms with E-state index in [0.29, 0.717) is 29.2 Å². The number of nitrogens with zero attached hydrogens (tertiary/aromatic N) is 2. The molecule has 1 N–H and O–H groups in total. The lowest BCUT2D eigenvalue weighted by Crippen LogP contribution is -2.17. The molecule has 0 aliphatic carbocycles. The molecule has 0 aliphatic rings. The van der Waals surface area contributed by atoms with Crippen LogP contribution in [0.3, 0.4) is 0 Å². The quantitative estimate of drug-likeness (QED) is 0.116. The number of carbonyl (C=O) groups is 2. The van der Waals surface area contributed by atoms with Crippen LogP contribution >= 0.6 is 0 Å². The summed E-state index contributed by atoms with van der Waals surface area (Å²) in [5.41, 5.74) is 3.30. The third-order valence-corrected chi connectivity index (χ3v) is 4.65. The predicted molar refractivity (Wildman–Crippen MR) is 126 cm³/mol. The molecule has 0 spiro atoms. The molecule has 1 amide bonds. The van der Waals surface area contributed by atoms with E-state index in [-0.39, 0.29) is 11.3 Å². The lowest BCUT2D eigenvalue weighted by molar-refractivity contribution is -0.384. The van der Waals surface area contributed by atoms with Crippen LogP contribution < -0.4 is 14.9 Å². The number of non-ortho nitro benzene ring substituents is 1. The van der Waals surface area contributed by atoms with Crippen molar-refractivity contribution in [2.45, 2.75) is 19.8 Å². The van der Waals surface area contributed by atoms with Gasteiger partial charge in [-0.1, -0.05) is 19.4 Å². The molecule has 34 heavy (non-hydrogen) atoms. The Morgan fingerprint density at radius 3 is 2.38 bits per heavy atom. The molecule has 0 aliphatic heterocycles. The number of nitrogens with one attached hydrogen (secondary N) is 1. The Morgan fingerprint density at radius 1 is 1.00 bits per heavy atom. The van der Waals surface area contributed by atoms with Gasteiger partial charge in [-0.25, -0.2) is 10.2 Å². The highest BCUT2D eigenvalue weighted by molar-refractivity contribution is 5.95. The molecule has 9 nitrogen and oxygen atoms in total. The van der Waals surface area contributed by atoms with Crippen molar-refractivity contribution in [1.82, 2.24) is 5.43 Å². The van der Waals surface area contributed by atoms with E-state index in [1.165, 1.54) is 30.5 Å². The van der Waals surface area contributed by atoms with Crippen LogP contribution in [0, 0.1) is 10.1 Å². The summed E-state index contributed by atoms with van der Waals surface area (Å²) in [6.07, 6.45) is 3.41. The van der Waals surface area contributed by atoms with Gasteiger partial charge < -0.3 is 9.47 Å². The Labute approximate surface area is 196 Å². The number of hydrazone groups is 1. The molecule has 0 saturated carbocycles.